The molecule has 1 atom stereocenters. The summed E-state index contributed by atoms with van der Waals surface area (Å²) in [7, 11) is 0. The molecule has 3 heteroatoms. The van der Waals surface area contributed by atoms with Crippen LogP contribution in [0.2, 0.25) is 0 Å². The molecule has 3 nitrogen and oxygen atoms in total. The maximum Gasteiger partial charge on any atom is 0.302 e. The van der Waals surface area contributed by atoms with Crippen molar-refractivity contribution in [2.24, 2.45) is 0 Å². The van der Waals surface area contributed by atoms with E-state index in [0.29, 0.717) is 19.3 Å². The van der Waals surface area contributed by atoms with E-state index in [4.69, 9.17) is 4.74 Å². The van der Waals surface area contributed by atoms with Crippen molar-refractivity contribution in [3.63, 3.8) is 0 Å². The average molecular weight is 142 g/mol. The van der Waals surface area contributed by atoms with Gasteiger partial charge in [-0.15, -0.1) is 0 Å². The van der Waals surface area contributed by atoms with Gasteiger partial charge in [-0.05, 0) is 6.42 Å². The van der Waals surface area contributed by atoms with Gasteiger partial charge in [-0.1, -0.05) is 0 Å². The van der Waals surface area contributed by atoms with Crippen LogP contribution >= 0.6 is 0 Å². The number of carbonyl (C=O) groups is 2. The second-order valence-corrected chi connectivity index (χ2v) is 2.51. The van der Waals surface area contributed by atoms with E-state index >= 15 is 0 Å². The second-order valence-electron chi connectivity index (χ2n) is 2.51. The summed E-state index contributed by atoms with van der Waals surface area (Å²) in [6.45, 7) is 1.36. The molecule has 0 aromatic carbocycles. The van der Waals surface area contributed by atoms with Crippen LogP contribution in [0.3, 0.4) is 0 Å². The van der Waals surface area contributed by atoms with Gasteiger partial charge < -0.3 is 4.74 Å². The standard InChI is InChI=1S/C7H10O3/c1-5(8)10-7-3-2-6(9)4-7/h7H,2-4H2,1H3/t7-/m0/s1. The van der Waals surface area contributed by atoms with Crippen molar-refractivity contribution in [3.05, 3.63) is 0 Å². The molecule has 0 amide bonds. The van der Waals surface area contributed by atoms with Gasteiger partial charge in [0.15, 0.2) is 0 Å². The Labute approximate surface area is 59.4 Å². The van der Waals surface area contributed by atoms with E-state index in [1.54, 1.807) is 0 Å². The SMILES string of the molecule is CC(=O)O[C@H]1CCC(=O)C1. The predicted molar refractivity (Wildman–Crippen MR) is 34.4 cm³/mol. The molecule has 10 heavy (non-hydrogen) atoms. The van der Waals surface area contributed by atoms with Crippen molar-refractivity contribution in [2.45, 2.75) is 32.3 Å². The van der Waals surface area contributed by atoms with Crippen molar-refractivity contribution >= 4 is 11.8 Å². The highest BCUT2D eigenvalue weighted by molar-refractivity contribution is 5.81. The summed E-state index contributed by atoms with van der Waals surface area (Å²) in [5, 5.41) is 0. The van der Waals surface area contributed by atoms with Crippen LogP contribution in [0, 0.1) is 0 Å². The number of ketones is 1. The van der Waals surface area contributed by atoms with E-state index in [1.165, 1.54) is 6.92 Å². The third-order valence-corrected chi connectivity index (χ3v) is 1.53. The van der Waals surface area contributed by atoms with Crippen LogP contribution in [0.4, 0.5) is 0 Å². The van der Waals surface area contributed by atoms with Gasteiger partial charge in [0, 0.05) is 19.8 Å². The van der Waals surface area contributed by atoms with Gasteiger partial charge >= 0.3 is 5.97 Å². The average Bonchev–Trinajstić information content (AvgIpc) is 2.13. The van der Waals surface area contributed by atoms with E-state index in [1.807, 2.05) is 0 Å². The Morgan fingerprint density at radius 3 is 2.80 bits per heavy atom. The molecular formula is C7H10O3. The maximum atomic E-state index is 10.6. The lowest BCUT2D eigenvalue weighted by Gasteiger charge is -2.06. The highest BCUT2D eigenvalue weighted by Gasteiger charge is 2.23. The molecule has 0 spiro atoms. The first-order valence-corrected chi connectivity index (χ1v) is 3.37. The minimum absolute atomic E-state index is 0.134. The molecule has 1 fully saturated rings. The van der Waals surface area contributed by atoms with Gasteiger partial charge in [0.25, 0.3) is 0 Å². The van der Waals surface area contributed by atoms with Gasteiger partial charge in [0.05, 0.1) is 0 Å². The molecule has 0 aliphatic heterocycles. The smallest absolute Gasteiger partial charge is 0.302 e. The largest absolute Gasteiger partial charge is 0.462 e. The van der Waals surface area contributed by atoms with Crippen molar-refractivity contribution in [3.8, 4) is 0 Å². The third kappa shape index (κ3) is 1.83. The van der Waals surface area contributed by atoms with Gasteiger partial charge in [-0.3, -0.25) is 9.59 Å². The summed E-state index contributed by atoms with van der Waals surface area (Å²) in [5.74, 6) is -0.0917. The fourth-order valence-corrected chi connectivity index (χ4v) is 1.12. The topological polar surface area (TPSA) is 43.4 Å². The molecule has 0 N–H and O–H groups in total. The van der Waals surface area contributed by atoms with Crippen LogP contribution in [0.1, 0.15) is 26.2 Å². The van der Waals surface area contributed by atoms with Crippen LogP contribution in [0.5, 0.6) is 0 Å². The lowest BCUT2D eigenvalue weighted by atomic mass is 10.3. The summed E-state index contributed by atoms with van der Waals surface area (Å²) < 4.78 is 4.82. The Bertz CT molecular complexity index is 162. The summed E-state index contributed by atoms with van der Waals surface area (Å²) >= 11 is 0. The van der Waals surface area contributed by atoms with Crippen LogP contribution < -0.4 is 0 Å². The second kappa shape index (κ2) is 2.82. The first-order valence-electron chi connectivity index (χ1n) is 3.37. The van der Waals surface area contributed by atoms with Crippen LogP contribution in [-0.4, -0.2) is 17.9 Å². The predicted octanol–water partition coefficient (Wildman–Crippen LogP) is 0.671. The number of rotatable bonds is 1. The van der Waals surface area contributed by atoms with E-state index in [2.05, 4.69) is 0 Å². The van der Waals surface area contributed by atoms with Crippen LogP contribution in [-0.2, 0) is 14.3 Å². The van der Waals surface area contributed by atoms with E-state index in [-0.39, 0.29) is 17.9 Å². The normalized spacial score (nSPS) is 24.9. The molecule has 1 saturated carbocycles. The van der Waals surface area contributed by atoms with Crippen molar-refractivity contribution in [2.75, 3.05) is 0 Å². The Balaban J connectivity index is 2.31. The first-order chi connectivity index (χ1) is 4.68. The zero-order valence-electron chi connectivity index (χ0n) is 5.92. The Kier molecular flexibility index (Phi) is 2.04. The van der Waals surface area contributed by atoms with Gasteiger partial charge in [0.1, 0.15) is 11.9 Å². The molecule has 1 rings (SSSR count). The Morgan fingerprint density at radius 1 is 1.70 bits per heavy atom. The maximum absolute atomic E-state index is 10.6. The summed E-state index contributed by atoms with van der Waals surface area (Å²) in [6, 6.07) is 0. The molecule has 0 aromatic heterocycles. The monoisotopic (exact) mass is 142 g/mol. The van der Waals surface area contributed by atoms with E-state index < -0.39 is 0 Å². The molecule has 56 valence electrons. The fraction of sp³-hybridized carbons (Fsp3) is 0.714. The molecule has 0 bridgehead atoms. The van der Waals surface area contributed by atoms with Gasteiger partial charge in [-0.2, -0.15) is 0 Å². The lowest BCUT2D eigenvalue weighted by molar-refractivity contribution is -0.146. The molecular weight excluding hydrogens is 132 g/mol. The van der Waals surface area contributed by atoms with Crippen molar-refractivity contribution in [1.82, 2.24) is 0 Å². The molecule has 0 aromatic rings. The first kappa shape index (κ1) is 7.25. The quantitative estimate of drug-likeness (QED) is 0.505. The lowest BCUT2D eigenvalue weighted by Crippen LogP contribution is -2.12. The Hall–Kier alpha value is -0.860. The van der Waals surface area contributed by atoms with E-state index in [0.717, 1.165) is 0 Å². The number of hydrogen-bond acceptors (Lipinski definition) is 3. The minimum atomic E-state index is -0.292. The van der Waals surface area contributed by atoms with Crippen LogP contribution in [0.25, 0.3) is 0 Å². The highest BCUT2D eigenvalue weighted by atomic mass is 16.5. The number of esters is 1. The van der Waals surface area contributed by atoms with Crippen molar-refractivity contribution in [1.29, 1.82) is 0 Å². The van der Waals surface area contributed by atoms with Gasteiger partial charge in [-0.25, -0.2) is 0 Å². The fourth-order valence-electron chi connectivity index (χ4n) is 1.12. The van der Waals surface area contributed by atoms with E-state index in [9.17, 15) is 9.59 Å². The number of ether oxygens (including phenoxy) is 1. The minimum Gasteiger partial charge on any atom is -0.462 e. The summed E-state index contributed by atoms with van der Waals surface area (Å²) in [4.78, 5) is 21.0. The number of hydrogen-bond donors (Lipinski definition) is 0. The van der Waals surface area contributed by atoms with Crippen molar-refractivity contribution < 1.29 is 14.3 Å². The molecule has 1 aliphatic carbocycles. The zero-order valence-corrected chi connectivity index (χ0v) is 5.92. The Morgan fingerprint density at radius 2 is 2.40 bits per heavy atom. The molecule has 0 radical (unpaired) electrons. The third-order valence-electron chi connectivity index (χ3n) is 1.53. The highest BCUT2D eigenvalue weighted by Crippen LogP contribution is 2.17. The summed E-state index contributed by atoms with van der Waals surface area (Å²) in [6.07, 6.45) is 1.56. The number of carbonyl (C=O) groups excluding carboxylic acids is 2. The molecule has 0 heterocycles. The molecule has 0 unspecified atom stereocenters. The summed E-state index contributed by atoms with van der Waals surface area (Å²) in [5.41, 5.74) is 0. The van der Waals surface area contributed by atoms with Gasteiger partial charge in [0.2, 0.25) is 0 Å². The molecule has 1 aliphatic rings. The molecule has 0 saturated heterocycles. The zero-order chi connectivity index (χ0) is 7.56. The van der Waals surface area contributed by atoms with Crippen LogP contribution in [0.15, 0.2) is 0 Å². The number of Topliss-reactive ketones (excluding diaryl/α,β-unsaturated/α-hetero) is 1.